The number of ether oxygens (including phenoxy) is 2. The van der Waals surface area contributed by atoms with E-state index in [1.54, 1.807) is 13.0 Å². The van der Waals surface area contributed by atoms with Gasteiger partial charge in [0.25, 0.3) is 0 Å². The second-order valence-electron chi connectivity index (χ2n) is 4.60. The van der Waals surface area contributed by atoms with Gasteiger partial charge in [0, 0.05) is 0 Å². The van der Waals surface area contributed by atoms with Crippen LogP contribution in [-0.4, -0.2) is 24.9 Å². The lowest BCUT2D eigenvalue weighted by Crippen LogP contribution is -2.02. The Morgan fingerprint density at radius 1 is 1.24 bits per heavy atom. The summed E-state index contributed by atoms with van der Waals surface area (Å²) < 4.78 is 11.2. The molecular weight excluding hydrogens is 270 g/mol. The summed E-state index contributed by atoms with van der Waals surface area (Å²) in [5.41, 5.74) is 1.87. The van der Waals surface area contributed by atoms with Crippen LogP contribution in [0.2, 0.25) is 0 Å². The van der Waals surface area contributed by atoms with Crippen molar-refractivity contribution < 1.29 is 19.1 Å². The molecule has 1 heterocycles. The Labute approximate surface area is 124 Å². The van der Waals surface area contributed by atoms with Gasteiger partial charge in [-0.05, 0) is 44.0 Å². The normalized spacial score (nSPS) is 15.9. The average Bonchev–Trinajstić information content (AvgIpc) is 2.79. The summed E-state index contributed by atoms with van der Waals surface area (Å²) in [5, 5.41) is 3.65. The van der Waals surface area contributed by atoms with Crippen molar-refractivity contribution in [3.63, 3.8) is 0 Å². The van der Waals surface area contributed by atoms with Crippen molar-refractivity contribution in [3.8, 4) is 11.5 Å². The molecule has 5 heteroatoms. The molecule has 1 aromatic carbocycles. The van der Waals surface area contributed by atoms with Crippen LogP contribution in [0.15, 0.2) is 28.9 Å². The fraction of sp³-hybridized carbons (Fsp3) is 0.375. The predicted octanol–water partition coefficient (Wildman–Crippen LogP) is 3.19. The van der Waals surface area contributed by atoms with Gasteiger partial charge in [-0.3, -0.25) is 0 Å². The van der Waals surface area contributed by atoms with E-state index in [9.17, 15) is 4.79 Å². The Morgan fingerprint density at radius 2 is 2.05 bits per heavy atom. The summed E-state index contributed by atoms with van der Waals surface area (Å²) in [4.78, 5) is 16.2. The van der Waals surface area contributed by atoms with Crippen LogP contribution in [0, 0.1) is 0 Å². The predicted molar refractivity (Wildman–Crippen MR) is 80.6 cm³/mol. The number of carbonyl (C=O) groups excluding carboxylic acids is 1. The van der Waals surface area contributed by atoms with Gasteiger partial charge in [0.05, 0.1) is 24.5 Å². The minimum Gasteiger partial charge on any atom is -0.490 e. The third-order valence-corrected chi connectivity index (χ3v) is 2.92. The summed E-state index contributed by atoms with van der Waals surface area (Å²) in [6.45, 7) is 6.88. The zero-order chi connectivity index (χ0) is 15.2. The van der Waals surface area contributed by atoms with Crippen molar-refractivity contribution >= 4 is 17.8 Å². The number of hydrogen-bond donors (Lipinski definition) is 0. The summed E-state index contributed by atoms with van der Waals surface area (Å²) in [6.07, 6.45) is 2.67. The van der Waals surface area contributed by atoms with Crippen molar-refractivity contribution in [3.05, 3.63) is 29.3 Å². The smallest absolute Gasteiger partial charge is 0.367 e. The summed E-state index contributed by atoms with van der Waals surface area (Å²) in [7, 11) is 0. The van der Waals surface area contributed by atoms with Gasteiger partial charge in [-0.15, -0.1) is 0 Å². The van der Waals surface area contributed by atoms with E-state index in [0.29, 0.717) is 36.0 Å². The average molecular weight is 289 g/mol. The molecule has 0 N–H and O–H groups in total. The molecule has 0 saturated carbocycles. The maximum Gasteiger partial charge on any atom is 0.367 e. The first kappa shape index (κ1) is 15.1. The fourth-order valence-electron chi connectivity index (χ4n) is 1.90. The van der Waals surface area contributed by atoms with Gasteiger partial charge in [-0.25, -0.2) is 4.79 Å². The molecule has 0 bridgehead atoms. The molecule has 1 aliphatic rings. The summed E-state index contributed by atoms with van der Waals surface area (Å²) in [6, 6.07) is 5.57. The van der Waals surface area contributed by atoms with Gasteiger partial charge in [-0.2, -0.15) is 0 Å². The first-order chi connectivity index (χ1) is 10.2. The molecule has 1 aromatic rings. The quantitative estimate of drug-likeness (QED) is 0.596. The SMILES string of the molecule is CCCOc1ccc(/C=C2/C(=O)ON=C2C)cc1OCC. The molecule has 0 spiro atoms. The molecule has 2 rings (SSSR count). The van der Waals surface area contributed by atoms with Crippen LogP contribution in [0.3, 0.4) is 0 Å². The number of benzene rings is 1. The standard InChI is InChI=1S/C16H19NO4/c1-4-8-20-14-7-6-12(10-15(14)19-5-2)9-13-11(3)17-21-16(13)18/h6-7,9-10H,4-5,8H2,1-3H3/b13-9+. The lowest BCUT2D eigenvalue weighted by atomic mass is 10.1. The first-order valence-electron chi connectivity index (χ1n) is 7.03. The van der Waals surface area contributed by atoms with Gasteiger partial charge in [0.15, 0.2) is 11.5 Å². The van der Waals surface area contributed by atoms with Gasteiger partial charge in [0.1, 0.15) is 0 Å². The number of carbonyl (C=O) groups is 1. The van der Waals surface area contributed by atoms with Crippen LogP contribution >= 0.6 is 0 Å². The molecule has 0 fully saturated rings. The van der Waals surface area contributed by atoms with Gasteiger partial charge in [-0.1, -0.05) is 18.1 Å². The fourth-order valence-corrected chi connectivity index (χ4v) is 1.90. The molecule has 1 aliphatic heterocycles. The lowest BCUT2D eigenvalue weighted by Gasteiger charge is -2.12. The maximum absolute atomic E-state index is 11.5. The second-order valence-corrected chi connectivity index (χ2v) is 4.60. The molecule has 0 atom stereocenters. The van der Waals surface area contributed by atoms with E-state index in [1.165, 1.54) is 0 Å². The highest BCUT2D eigenvalue weighted by molar-refractivity contribution is 6.24. The Kier molecular flexibility index (Phi) is 4.98. The molecule has 112 valence electrons. The third kappa shape index (κ3) is 3.62. The second kappa shape index (κ2) is 6.92. The molecule has 21 heavy (non-hydrogen) atoms. The Bertz CT molecular complexity index is 590. The third-order valence-electron chi connectivity index (χ3n) is 2.92. The molecule has 0 amide bonds. The molecule has 0 radical (unpaired) electrons. The monoisotopic (exact) mass is 289 g/mol. The molecule has 0 saturated heterocycles. The van der Waals surface area contributed by atoms with Crippen LogP contribution in [0.5, 0.6) is 11.5 Å². The Morgan fingerprint density at radius 3 is 2.67 bits per heavy atom. The van der Waals surface area contributed by atoms with E-state index in [0.717, 1.165) is 12.0 Å². The van der Waals surface area contributed by atoms with E-state index >= 15 is 0 Å². The number of oxime groups is 1. The van der Waals surface area contributed by atoms with Crippen LogP contribution < -0.4 is 9.47 Å². The van der Waals surface area contributed by atoms with E-state index in [2.05, 4.69) is 9.99 Å². The highest BCUT2D eigenvalue weighted by Crippen LogP contribution is 2.30. The lowest BCUT2D eigenvalue weighted by molar-refractivity contribution is -0.136. The summed E-state index contributed by atoms with van der Waals surface area (Å²) >= 11 is 0. The zero-order valence-electron chi connectivity index (χ0n) is 12.5. The highest BCUT2D eigenvalue weighted by atomic mass is 16.7. The number of hydrogen-bond acceptors (Lipinski definition) is 5. The zero-order valence-corrected chi connectivity index (χ0v) is 12.5. The van der Waals surface area contributed by atoms with Gasteiger partial charge >= 0.3 is 5.97 Å². The van der Waals surface area contributed by atoms with Gasteiger partial charge < -0.3 is 14.3 Å². The van der Waals surface area contributed by atoms with Crippen molar-refractivity contribution in [2.45, 2.75) is 27.2 Å². The minimum absolute atomic E-state index is 0.434. The van der Waals surface area contributed by atoms with E-state index in [1.807, 2.05) is 32.0 Å². The van der Waals surface area contributed by atoms with E-state index in [4.69, 9.17) is 9.47 Å². The maximum atomic E-state index is 11.5. The molecule has 0 unspecified atom stereocenters. The Hall–Kier alpha value is -2.30. The number of rotatable bonds is 6. The largest absolute Gasteiger partial charge is 0.490 e. The van der Waals surface area contributed by atoms with Crippen molar-refractivity contribution in [1.82, 2.24) is 0 Å². The van der Waals surface area contributed by atoms with Crippen LogP contribution in [-0.2, 0) is 9.63 Å². The van der Waals surface area contributed by atoms with E-state index in [-0.39, 0.29) is 0 Å². The van der Waals surface area contributed by atoms with Crippen molar-refractivity contribution in [2.24, 2.45) is 5.16 Å². The molecule has 0 aliphatic carbocycles. The molecule has 5 nitrogen and oxygen atoms in total. The van der Waals surface area contributed by atoms with Crippen molar-refractivity contribution in [2.75, 3.05) is 13.2 Å². The topological polar surface area (TPSA) is 57.1 Å². The molecular formula is C16H19NO4. The summed E-state index contributed by atoms with van der Waals surface area (Å²) in [5.74, 6) is 0.943. The van der Waals surface area contributed by atoms with Crippen LogP contribution in [0.25, 0.3) is 6.08 Å². The minimum atomic E-state index is -0.434. The van der Waals surface area contributed by atoms with E-state index < -0.39 is 5.97 Å². The van der Waals surface area contributed by atoms with Gasteiger partial charge in [0.2, 0.25) is 0 Å². The number of nitrogens with zero attached hydrogens (tertiary/aromatic N) is 1. The Balaban J connectivity index is 2.29. The first-order valence-corrected chi connectivity index (χ1v) is 7.03. The highest BCUT2D eigenvalue weighted by Gasteiger charge is 2.21. The van der Waals surface area contributed by atoms with Crippen molar-refractivity contribution in [1.29, 1.82) is 0 Å². The van der Waals surface area contributed by atoms with Crippen LogP contribution in [0.4, 0.5) is 0 Å². The van der Waals surface area contributed by atoms with Crippen LogP contribution in [0.1, 0.15) is 32.8 Å². The molecule has 0 aromatic heterocycles.